The van der Waals surface area contributed by atoms with E-state index in [1.165, 1.54) is 4.90 Å². The Morgan fingerprint density at radius 1 is 1.12 bits per heavy atom. The minimum atomic E-state index is -0.281. The third-order valence-electron chi connectivity index (χ3n) is 2.45. The van der Waals surface area contributed by atoms with Gasteiger partial charge in [-0.25, -0.2) is 4.79 Å². The first-order chi connectivity index (χ1) is 7.45. The highest BCUT2D eigenvalue weighted by Gasteiger charge is 2.07. The van der Waals surface area contributed by atoms with Crippen LogP contribution in [0.3, 0.4) is 0 Å². The van der Waals surface area contributed by atoms with Crippen molar-refractivity contribution in [3.8, 4) is 0 Å². The average molecular weight is 231 g/mol. The van der Waals surface area contributed by atoms with Gasteiger partial charge in [-0.1, -0.05) is 13.8 Å². The van der Waals surface area contributed by atoms with Crippen molar-refractivity contribution in [2.75, 3.05) is 27.3 Å². The fourth-order valence-electron chi connectivity index (χ4n) is 0.954. The molecule has 1 amide bonds. The summed E-state index contributed by atoms with van der Waals surface area (Å²) in [6, 6.07) is 0. The first kappa shape index (κ1) is 15.2. The van der Waals surface area contributed by atoms with E-state index >= 15 is 0 Å². The molecule has 0 heterocycles. The minimum absolute atomic E-state index is 0.281. The van der Waals surface area contributed by atoms with Gasteiger partial charge in [0.25, 0.3) is 0 Å². The zero-order valence-electron chi connectivity index (χ0n) is 11.2. The van der Waals surface area contributed by atoms with E-state index in [0.29, 0.717) is 18.6 Å². The van der Waals surface area contributed by atoms with E-state index < -0.39 is 0 Å². The molecule has 0 aliphatic carbocycles. The van der Waals surface area contributed by atoms with Crippen molar-refractivity contribution in [3.05, 3.63) is 0 Å². The molecule has 1 atom stereocenters. The van der Waals surface area contributed by atoms with Crippen LogP contribution in [0.4, 0.5) is 4.79 Å². The smallest absolute Gasteiger partial charge is 0.409 e. The molecule has 0 rings (SSSR count). The van der Waals surface area contributed by atoms with Gasteiger partial charge in [0.15, 0.2) is 0 Å². The molecule has 0 saturated carbocycles. The number of unbranched alkanes of at least 4 members (excludes halogenated alkanes) is 1. The summed E-state index contributed by atoms with van der Waals surface area (Å²) in [6.45, 7) is 7.57. The Bertz CT molecular complexity index is 193. The molecule has 4 nitrogen and oxygen atoms in total. The van der Waals surface area contributed by atoms with Crippen LogP contribution in [0.5, 0.6) is 0 Å². The number of carbonyl (C=O) groups excluding carboxylic acids is 1. The van der Waals surface area contributed by atoms with Crippen molar-refractivity contribution in [2.24, 2.45) is 5.92 Å². The van der Waals surface area contributed by atoms with Crippen molar-refractivity contribution in [3.63, 3.8) is 0 Å². The number of hydrogen-bond acceptors (Lipinski definition) is 3. The van der Waals surface area contributed by atoms with Crippen LogP contribution in [-0.4, -0.2) is 44.4 Å². The lowest BCUT2D eigenvalue weighted by Gasteiger charge is -2.16. The van der Waals surface area contributed by atoms with Crippen LogP contribution in [0, 0.1) is 5.92 Å². The standard InChI is InChI=1S/C12H25NO3/c1-10(2)11(3)15-8-6-7-9-16-12(14)13(4)5/h10-11H,6-9H2,1-5H3/t11-/m1/s1. The quantitative estimate of drug-likeness (QED) is 0.632. The van der Waals surface area contributed by atoms with Gasteiger partial charge in [0, 0.05) is 20.7 Å². The van der Waals surface area contributed by atoms with Crippen molar-refractivity contribution in [2.45, 2.75) is 39.7 Å². The number of carbonyl (C=O) groups is 1. The van der Waals surface area contributed by atoms with Crippen molar-refractivity contribution >= 4 is 6.09 Å². The molecule has 0 bridgehead atoms. The summed E-state index contributed by atoms with van der Waals surface area (Å²) in [7, 11) is 3.35. The Kier molecular flexibility index (Phi) is 7.99. The van der Waals surface area contributed by atoms with Crippen molar-refractivity contribution < 1.29 is 14.3 Å². The van der Waals surface area contributed by atoms with Crippen molar-refractivity contribution in [1.29, 1.82) is 0 Å². The van der Waals surface area contributed by atoms with Gasteiger partial charge < -0.3 is 14.4 Å². The first-order valence-electron chi connectivity index (χ1n) is 5.90. The Balaban J connectivity index is 3.31. The lowest BCUT2D eigenvalue weighted by molar-refractivity contribution is 0.0304. The highest BCUT2D eigenvalue weighted by atomic mass is 16.6. The molecule has 16 heavy (non-hydrogen) atoms. The lowest BCUT2D eigenvalue weighted by atomic mass is 10.1. The summed E-state index contributed by atoms with van der Waals surface area (Å²) in [5, 5.41) is 0. The van der Waals surface area contributed by atoms with Crippen LogP contribution in [0.1, 0.15) is 33.6 Å². The molecule has 0 saturated heterocycles. The fraction of sp³-hybridized carbons (Fsp3) is 0.917. The molecule has 0 spiro atoms. The third kappa shape index (κ3) is 7.51. The molecule has 0 N–H and O–H groups in total. The normalized spacial score (nSPS) is 12.6. The van der Waals surface area contributed by atoms with Gasteiger partial charge in [0.2, 0.25) is 0 Å². The topological polar surface area (TPSA) is 38.8 Å². The maximum Gasteiger partial charge on any atom is 0.409 e. The fourth-order valence-corrected chi connectivity index (χ4v) is 0.954. The number of ether oxygens (including phenoxy) is 2. The van der Waals surface area contributed by atoms with Gasteiger partial charge in [-0.15, -0.1) is 0 Å². The molecule has 0 aromatic heterocycles. The second-order valence-electron chi connectivity index (χ2n) is 4.54. The Morgan fingerprint density at radius 2 is 1.69 bits per heavy atom. The maximum absolute atomic E-state index is 11.0. The van der Waals surface area contributed by atoms with Gasteiger partial charge in [0.1, 0.15) is 0 Å². The van der Waals surface area contributed by atoms with E-state index in [0.717, 1.165) is 19.4 Å². The molecular formula is C12H25NO3. The number of rotatable bonds is 7. The van der Waals surface area contributed by atoms with Crippen molar-refractivity contribution in [1.82, 2.24) is 4.90 Å². The zero-order chi connectivity index (χ0) is 12.6. The lowest BCUT2D eigenvalue weighted by Crippen LogP contribution is -2.23. The van der Waals surface area contributed by atoms with Crippen LogP contribution in [0.25, 0.3) is 0 Å². The average Bonchev–Trinajstić information content (AvgIpc) is 2.21. The summed E-state index contributed by atoms with van der Waals surface area (Å²) in [5.41, 5.74) is 0. The van der Waals surface area contributed by atoms with E-state index in [4.69, 9.17) is 9.47 Å². The van der Waals surface area contributed by atoms with Crippen LogP contribution in [-0.2, 0) is 9.47 Å². The second-order valence-corrected chi connectivity index (χ2v) is 4.54. The van der Waals surface area contributed by atoms with Crippen LogP contribution in [0.2, 0.25) is 0 Å². The monoisotopic (exact) mass is 231 g/mol. The molecular weight excluding hydrogens is 206 g/mol. The van der Waals surface area contributed by atoms with E-state index in [1.807, 2.05) is 0 Å². The van der Waals surface area contributed by atoms with Crippen LogP contribution >= 0.6 is 0 Å². The molecule has 0 aliphatic rings. The number of amides is 1. The summed E-state index contributed by atoms with van der Waals surface area (Å²) in [4.78, 5) is 12.5. The predicted octanol–water partition coefficient (Wildman–Crippen LogP) is 2.53. The van der Waals surface area contributed by atoms with Gasteiger partial charge in [0.05, 0.1) is 12.7 Å². The maximum atomic E-state index is 11.0. The molecule has 0 fully saturated rings. The Hall–Kier alpha value is -0.770. The summed E-state index contributed by atoms with van der Waals surface area (Å²) < 4.78 is 10.6. The predicted molar refractivity (Wildman–Crippen MR) is 64.5 cm³/mol. The van der Waals surface area contributed by atoms with Crippen LogP contribution < -0.4 is 0 Å². The first-order valence-corrected chi connectivity index (χ1v) is 5.90. The second kappa shape index (κ2) is 8.39. The third-order valence-corrected chi connectivity index (χ3v) is 2.45. The minimum Gasteiger partial charge on any atom is -0.449 e. The summed E-state index contributed by atoms with van der Waals surface area (Å²) in [5.74, 6) is 0.548. The van der Waals surface area contributed by atoms with Crippen LogP contribution in [0.15, 0.2) is 0 Å². The van der Waals surface area contributed by atoms with E-state index in [1.54, 1.807) is 14.1 Å². The molecule has 0 unspecified atom stereocenters. The Labute approximate surface area is 98.9 Å². The van der Waals surface area contributed by atoms with E-state index in [2.05, 4.69) is 20.8 Å². The van der Waals surface area contributed by atoms with Gasteiger partial charge in [-0.3, -0.25) is 0 Å². The van der Waals surface area contributed by atoms with Gasteiger partial charge in [-0.2, -0.15) is 0 Å². The molecule has 0 aliphatic heterocycles. The molecule has 4 heteroatoms. The van der Waals surface area contributed by atoms with E-state index in [9.17, 15) is 4.79 Å². The highest BCUT2D eigenvalue weighted by molar-refractivity contribution is 5.66. The Morgan fingerprint density at radius 3 is 2.19 bits per heavy atom. The van der Waals surface area contributed by atoms with Gasteiger partial charge in [-0.05, 0) is 25.7 Å². The summed E-state index contributed by atoms with van der Waals surface area (Å²) >= 11 is 0. The largest absolute Gasteiger partial charge is 0.449 e. The molecule has 0 aromatic carbocycles. The molecule has 96 valence electrons. The SMILES string of the molecule is CC(C)[C@@H](C)OCCCCOC(=O)N(C)C. The van der Waals surface area contributed by atoms with E-state index in [-0.39, 0.29) is 6.09 Å². The number of nitrogens with zero attached hydrogens (tertiary/aromatic N) is 1. The molecule has 0 radical (unpaired) electrons. The summed E-state index contributed by atoms with van der Waals surface area (Å²) in [6.07, 6.45) is 1.79. The highest BCUT2D eigenvalue weighted by Crippen LogP contribution is 2.06. The van der Waals surface area contributed by atoms with Gasteiger partial charge >= 0.3 is 6.09 Å². The zero-order valence-corrected chi connectivity index (χ0v) is 11.2. The molecule has 0 aromatic rings. The number of hydrogen-bond donors (Lipinski definition) is 0.